The molecule has 4 aliphatic carbocycles. The zero-order chi connectivity index (χ0) is 17.4. The minimum absolute atomic E-state index is 0.0547. The summed E-state index contributed by atoms with van der Waals surface area (Å²) in [5.41, 5.74) is -0.949. The van der Waals surface area contributed by atoms with E-state index in [2.05, 4.69) is 13.8 Å². The molecule has 4 aliphatic rings. The number of hydrogen-bond donors (Lipinski definition) is 4. The summed E-state index contributed by atoms with van der Waals surface area (Å²) in [6, 6.07) is 0. The van der Waals surface area contributed by atoms with E-state index in [1.165, 1.54) is 0 Å². The van der Waals surface area contributed by atoms with Crippen LogP contribution in [0.2, 0.25) is 0 Å². The van der Waals surface area contributed by atoms with Crippen molar-refractivity contribution in [2.24, 2.45) is 34.0 Å². The first-order valence-electron chi connectivity index (χ1n) is 9.88. The Kier molecular flexibility index (Phi) is 3.73. The van der Waals surface area contributed by atoms with Crippen molar-refractivity contribution in [3.05, 3.63) is 0 Å². The molecule has 0 saturated heterocycles. The van der Waals surface area contributed by atoms with Gasteiger partial charge in [-0.3, -0.25) is 0 Å². The van der Waals surface area contributed by atoms with Crippen LogP contribution in [0.25, 0.3) is 0 Å². The Morgan fingerprint density at radius 3 is 2.33 bits per heavy atom. The third-order valence-electron chi connectivity index (χ3n) is 9.54. The molecule has 24 heavy (non-hydrogen) atoms. The molecule has 4 nitrogen and oxygen atoms in total. The number of fused-ring (bicyclic) bond motifs is 2. The van der Waals surface area contributed by atoms with Gasteiger partial charge in [-0.2, -0.15) is 0 Å². The lowest BCUT2D eigenvalue weighted by Gasteiger charge is -2.66. The second kappa shape index (κ2) is 5.18. The van der Waals surface area contributed by atoms with E-state index in [4.69, 9.17) is 0 Å². The Hall–Kier alpha value is -0.160. The number of rotatable bonds is 2. The first-order valence-corrected chi connectivity index (χ1v) is 9.88. The minimum Gasteiger partial charge on any atom is -0.396 e. The van der Waals surface area contributed by atoms with Crippen LogP contribution >= 0.6 is 0 Å². The highest BCUT2D eigenvalue weighted by Crippen LogP contribution is 2.75. The van der Waals surface area contributed by atoms with Gasteiger partial charge >= 0.3 is 0 Å². The van der Waals surface area contributed by atoms with E-state index in [-0.39, 0.29) is 30.0 Å². The van der Waals surface area contributed by atoms with Crippen molar-refractivity contribution >= 4 is 0 Å². The van der Waals surface area contributed by atoms with Crippen molar-refractivity contribution in [2.75, 3.05) is 13.2 Å². The topological polar surface area (TPSA) is 80.9 Å². The molecule has 0 aliphatic heterocycles. The molecule has 4 saturated carbocycles. The van der Waals surface area contributed by atoms with Crippen LogP contribution in [0.15, 0.2) is 0 Å². The molecule has 4 N–H and O–H groups in total. The highest BCUT2D eigenvalue weighted by Gasteiger charge is 2.70. The van der Waals surface area contributed by atoms with Crippen LogP contribution in [0, 0.1) is 34.0 Å². The Morgan fingerprint density at radius 1 is 0.917 bits per heavy atom. The van der Waals surface area contributed by atoms with Crippen LogP contribution in [0.5, 0.6) is 0 Å². The van der Waals surface area contributed by atoms with Crippen molar-refractivity contribution in [3.8, 4) is 0 Å². The van der Waals surface area contributed by atoms with Gasteiger partial charge in [-0.25, -0.2) is 0 Å². The summed E-state index contributed by atoms with van der Waals surface area (Å²) in [5.74, 6) is 1.18. The van der Waals surface area contributed by atoms with E-state index in [1.54, 1.807) is 0 Å². The molecule has 4 fully saturated rings. The fourth-order valence-electron chi connectivity index (χ4n) is 7.93. The molecule has 0 amide bonds. The molecule has 0 aromatic heterocycles. The Balaban J connectivity index is 1.74. The fraction of sp³-hybridized carbons (Fsp3) is 1.00. The monoisotopic (exact) mass is 338 g/mol. The predicted octanol–water partition coefficient (Wildman–Crippen LogP) is 2.09. The summed E-state index contributed by atoms with van der Waals surface area (Å²) in [4.78, 5) is 0. The molecule has 4 rings (SSSR count). The lowest BCUT2D eigenvalue weighted by Crippen LogP contribution is -2.63. The Morgan fingerprint density at radius 2 is 1.67 bits per heavy atom. The molecule has 0 aromatic rings. The lowest BCUT2D eigenvalue weighted by molar-refractivity contribution is -0.216. The normalized spacial score (nSPS) is 59.8. The van der Waals surface area contributed by atoms with Gasteiger partial charge in [-0.05, 0) is 80.0 Å². The largest absolute Gasteiger partial charge is 0.396 e. The second-order valence-electron chi connectivity index (χ2n) is 10.0. The average Bonchev–Trinajstić information content (AvgIpc) is 2.93. The average molecular weight is 338 g/mol. The van der Waals surface area contributed by atoms with Crippen LogP contribution in [-0.2, 0) is 0 Å². The first kappa shape index (κ1) is 17.3. The van der Waals surface area contributed by atoms with Gasteiger partial charge in [0.05, 0.1) is 24.9 Å². The van der Waals surface area contributed by atoms with Crippen LogP contribution in [-0.4, -0.2) is 45.3 Å². The summed E-state index contributed by atoms with van der Waals surface area (Å²) >= 11 is 0. The highest BCUT2D eigenvalue weighted by molar-refractivity contribution is 5.19. The van der Waals surface area contributed by atoms with Gasteiger partial charge in [0.15, 0.2) is 0 Å². The number of aliphatic hydroxyl groups is 4. The van der Waals surface area contributed by atoms with Crippen LogP contribution in [0.3, 0.4) is 0 Å². The number of aliphatic hydroxyl groups excluding tert-OH is 3. The SMILES string of the molecule is C[C@]1(CO)C2CC[C@H]3CC4CC3(CC[C@]4(O)CO)[C@@]2(C)CC[C@H]1O. The fourth-order valence-corrected chi connectivity index (χ4v) is 7.93. The maximum Gasteiger partial charge on any atom is 0.0905 e. The molecule has 8 atom stereocenters. The minimum atomic E-state index is -0.886. The van der Waals surface area contributed by atoms with E-state index in [1.807, 2.05) is 0 Å². The maximum absolute atomic E-state index is 10.9. The van der Waals surface area contributed by atoms with Gasteiger partial charge in [-0.15, -0.1) is 0 Å². The van der Waals surface area contributed by atoms with E-state index in [0.717, 1.165) is 44.9 Å². The molecule has 0 aromatic carbocycles. The molecule has 0 heterocycles. The zero-order valence-corrected chi connectivity index (χ0v) is 15.2. The van der Waals surface area contributed by atoms with E-state index in [9.17, 15) is 20.4 Å². The smallest absolute Gasteiger partial charge is 0.0905 e. The molecule has 4 heteroatoms. The van der Waals surface area contributed by atoms with Gasteiger partial charge in [0.1, 0.15) is 0 Å². The summed E-state index contributed by atoms with van der Waals surface area (Å²) in [6.45, 7) is 4.43. The van der Waals surface area contributed by atoms with Crippen molar-refractivity contribution in [1.82, 2.24) is 0 Å². The molecular weight excluding hydrogens is 304 g/mol. The summed E-state index contributed by atoms with van der Waals surface area (Å²) < 4.78 is 0. The van der Waals surface area contributed by atoms with E-state index < -0.39 is 17.1 Å². The molecule has 3 unspecified atom stereocenters. The zero-order valence-electron chi connectivity index (χ0n) is 15.2. The first-order chi connectivity index (χ1) is 11.3. The van der Waals surface area contributed by atoms with Gasteiger partial charge in [0, 0.05) is 5.41 Å². The van der Waals surface area contributed by atoms with Crippen LogP contribution in [0.1, 0.15) is 65.2 Å². The molecule has 1 spiro atoms. The number of hydrogen-bond acceptors (Lipinski definition) is 4. The van der Waals surface area contributed by atoms with Crippen molar-refractivity contribution < 1.29 is 20.4 Å². The lowest BCUT2D eigenvalue weighted by atomic mass is 9.39. The van der Waals surface area contributed by atoms with Crippen molar-refractivity contribution in [3.63, 3.8) is 0 Å². The Bertz CT molecular complexity index is 524. The van der Waals surface area contributed by atoms with Crippen molar-refractivity contribution in [1.29, 1.82) is 0 Å². The summed E-state index contributed by atoms with van der Waals surface area (Å²) in [5, 5.41) is 41.3. The predicted molar refractivity (Wildman–Crippen MR) is 91.2 cm³/mol. The van der Waals surface area contributed by atoms with Gasteiger partial charge in [0.25, 0.3) is 0 Å². The standard InChI is InChI=1S/C20H34O4/c1-17(11-21)15-4-3-13-9-14-10-19(13,7-8-20(14,24)12-22)18(15,2)6-5-16(17)23/h13-16,21-24H,3-12H2,1-2H3/t13-,14?,15?,16+,17-,18-,19?,20-/m0/s1. The van der Waals surface area contributed by atoms with Gasteiger partial charge in [0.2, 0.25) is 0 Å². The molecule has 138 valence electrons. The van der Waals surface area contributed by atoms with E-state index >= 15 is 0 Å². The summed E-state index contributed by atoms with van der Waals surface area (Å²) in [6.07, 6.45) is 7.33. The summed E-state index contributed by atoms with van der Waals surface area (Å²) in [7, 11) is 0. The molecule has 0 radical (unpaired) electrons. The van der Waals surface area contributed by atoms with Crippen LogP contribution < -0.4 is 0 Å². The Labute approximate surface area is 145 Å². The highest BCUT2D eigenvalue weighted by atomic mass is 16.3. The third-order valence-corrected chi connectivity index (χ3v) is 9.54. The maximum atomic E-state index is 10.9. The van der Waals surface area contributed by atoms with E-state index in [0.29, 0.717) is 18.3 Å². The van der Waals surface area contributed by atoms with Crippen LogP contribution in [0.4, 0.5) is 0 Å². The molecule has 2 bridgehead atoms. The van der Waals surface area contributed by atoms with Crippen molar-refractivity contribution in [2.45, 2.75) is 76.9 Å². The second-order valence-corrected chi connectivity index (χ2v) is 10.0. The quantitative estimate of drug-likeness (QED) is 0.621. The van der Waals surface area contributed by atoms with Gasteiger partial charge in [-0.1, -0.05) is 13.8 Å². The van der Waals surface area contributed by atoms with Gasteiger partial charge < -0.3 is 20.4 Å². The third kappa shape index (κ3) is 1.84. The molecular formula is C20H34O4.